The van der Waals surface area contributed by atoms with Crippen LogP contribution < -0.4 is 4.74 Å². The van der Waals surface area contributed by atoms with Crippen LogP contribution in [-0.2, 0) is 10.8 Å². The molecule has 2 nitrogen and oxygen atoms in total. The third-order valence-electron chi connectivity index (χ3n) is 2.30. The van der Waals surface area contributed by atoms with Crippen molar-refractivity contribution >= 4 is 10.8 Å². The van der Waals surface area contributed by atoms with Gasteiger partial charge in [-0.05, 0) is 48.5 Å². The third kappa shape index (κ3) is 2.71. The number of hydrogen-bond acceptors (Lipinski definition) is 2. The SMILES string of the molecule is COc1ccc(S(=O)c2ccc(F)cc2)cc1. The molecule has 0 saturated heterocycles. The van der Waals surface area contributed by atoms with Crippen LogP contribution in [-0.4, -0.2) is 11.3 Å². The molecular weight excluding hydrogens is 239 g/mol. The molecule has 17 heavy (non-hydrogen) atoms. The molecule has 2 aromatic rings. The fraction of sp³-hybridized carbons (Fsp3) is 0.0769. The van der Waals surface area contributed by atoms with Crippen molar-refractivity contribution in [3.63, 3.8) is 0 Å². The lowest BCUT2D eigenvalue weighted by molar-refractivity contribution is 0.414. The van der Waals surface area contributed by atoms with Crippen molar-refractivity contribution in [3.05, 3.63) is 54.3 Å². The summed E-state index contributed by atoms with van der Waals surface area (Å²) in [5.41, 5.74) is 0. The first-order valence-corrected chi connectivity index (χ1v) is 6.17. The highest BCUT2D eigenvalue weighted by molar-refractivity contribution is 7.85. The highest BCUT2D eigenvalue weighted by Crippen LogP contribution is 2.19. The maximum atomic E-state index is 12.7. The zero-order valence-electron chi connectivity index (χ0n) is 9.22. The minimum atomic E-state index is -1.29. The number of methoxy groups -OCH3 is 1. The molecule has 0 amide bonds. The monoisotopic (exact) mass is 250 g/mol. The first kappa shape index (κ1) is 11.8. The Morgan fingerprint density at radius 1 is 0.941 bits per heavy atom. The Hall–Kier alpha value is -1.68. The van der Waals surface area contributed by atoms with Crippen LogP contribution in [0.15, 0.2) is 58.3 Å². The van der Waals surface area contributed by atoms with Crippen LogP contribution in [0.5, 0.6) is 5.75 Å². The summed E-state index contributed by atoms with van der Waals surface area (Å²) >= 11 is 0. The molecule has 2 rings (SSSR count). The van der Waals surface area contributed by atoms with Crippen molar-refractivity contribution in [2.45, 2.75) is 9.79 Å². The molecule has 0 bridgehead atoms. The summed E-state index contributed by atoms with van der Waals surface area (Å²) in [4.78, 5) is 1.24. The molecule has 0 aliphatic heterocycles. The second-order valence-corrected chi connectivity index (χ2v) is 4.88. The zero-order valence-corrected chi connectivity index (χ0v) is 10.0. The topological polar surface area (TPSA) is 26.3 Å². The van der Waals surface area contributed by atoms with Crippen molar-refractivity contribution in [2.75, 3.05) is 7.11 Å². The normalized spacial score (nSPS) is 12.1. The largest absolute Gasteiger partial charge is 0.497 e. The molecule has 0 aliphatic carbocycles. The fourth-order valence-corrected chi connectivity index (χ4v) is 2.43. The summed E-state index contributed by atoms with van der Waals surface area (Å²) < 4.78 is 29.9. The summed E-state index contributed by atoms with van der Waals surface area (Å²) in [7, 11) is 0.288. The molecule has 0 spiro atoms. The van der Waals surface area contributed by atoms with Gasteiger partial charge in [-0.15, -0.1) is 0 Å². The van der Waals surface area contributed by atoms with Gasteiger partial charge >= 0.3 is 0 Å². The third-order valence-corrected chi connectivity index (χ3v) is 3.70. The van der Waals surface area contributed by atoms with E-state index in [0.29, 0.717) is 15.5 Å². The van der Waals surface area contributed by atoms with Crippen molar-refractivity contribution in [2.24, 2.45) is 0 Å². The Balaban J connectivity index is 2.27. The molecule has 88 valence electrons. The maximum Gasteiger partial charge on any atom is 0.123 e. The number of hydrogen-bond donors (Lipinski definition) is 0. The van der Waals surface area contributed by atoms with E-state index in [9.17, 15) is 8.60 Å². The second-order valence-electron chi connectivity index (χ2n) is 3.40. The van der Waals surface area contributed by atoms with Gasteiger partial charge in [-0.3, -0.25) is 0 Å². The van der Waals surface area contributed by atoms with E-state index in [0.717, 1.165) is 0 Å². The smallest absolute Gasteiger partial charge is 0.123 e. The van der Waals surface area contributed by atoms with E-state index in [2.05, 4.69) is 0 Å². The van der Waals surface area contributed by atoms with Gasteiger partial charge in [0.2, 0.25) is 0 Å². The lowest BCUT2D eigenvalue weighted by Crippen LogP contribution is -1.93. The van der Waals surface area contributed by atoms with E-state index in [-0.39, 0.29) is 5.82 Å². The quantitative estimate of drug-likeness (QED) is 0.837. The van der Waals surface area contributed by atoms with Gasteiger partial charge in [0.15, 0.2) is 0 Å². The Bertz CT molecular complexity index is 520. The number of halogens is 1. The Labute approximate surface area is 102 Å². The first-order chi connectivity index (χ1) is 8.20. The van der Waals surface area contributed by atoms with Gasteiger partial charge in [-0.2, -0.15) is 0 Å². The van der Waals surface area contributed by atoms with Gasteiger partial charge in [0.05, 0.1) is 17.9 Å². The molecule has 1 atom stereocenters. The molecule has 0 saturated carbocycles. The van der Waals surface area contributed by atoms with Crippen LogP contribution >= 0.6 is 0 Å². The van der Waals surface area contributed by atoms with E-state index < -0.39 is 10.8 Å². The van der Waals surface area contributed by atoms with Crippen LogP contribution in [0.3, 0.4) is 0 Å². The van der Waals surface area contributed by atoms with Crippen molar-refractivity contribution in [1.29, 1.82) is 0 Å². The van der Waals surface area contributed by atoms with Crippen molar-refractivity contribution < 1.29 is 13.3 Å². The molecule has 0 radical (unpaired) electrons. The first-order valence-electron chi connectivity index (χ1n) is 5.02. The molecule has 0 heterocycles. The Kier molecular flexibility index (Phi) is 3.54. The average Bonchev–Trinajstić information content (AvgIpc) is 2.39. The molecule has 1 unspecified atom stereocenters. The van der Waals surface area contributed by atoms with Gasteiger partial charge in [0.1, 0.15) is 11.6 Å². The van der Waals surface area contributed by atoms with Gasteiger partial charge in [0, 0.05) is 9.79 Å². The number of ether oxygens (including phenoxy) is 1. The van der Waals surface area contributed by atoms with E-state index in [4.69, 9.17) is 4.74 Å². The predicted octanol–water partition coefficient (Wildman–Crippen LogP) is 3.00. The molecule has 2 aromatic carbocycles. The van der Waals surface area contributed by atoms with Crippen molar-refractivity contribution in [1.82, 2.24) is 0 Å². The molecule has 4 heteroatoms. The molecule has 0 N–H and O–H groups in total. The van der Waals surface area contributed by atoms with Crippen LogP contribution in [0.2, 0.25) is 0 Å². The van der Waals surface area contributed by atoms with E-state index in [1.807, 2.05) is 0 Å². The Morgan fingerprint density at radius 2 is 1.41 bits per heavy atom. The van der Waals surface area contributed by atoms with Gasteiger partial charge in [-0.1, -0.05) is 0 Å². The average molecular weight is 250 g/mol. The lowest BCUT2D eigenvalue weighted by Gasteiger charge is -2.03. The summed E-state index contributed by atoms with van der Waals surface area (Å²) in [6.07, 6.45) is 0. The van der Waals surface area contributed by atoms with Gasteiger partial charge in [-0.25, -0.2) is 8.60 Å². The Morgan fingerprint density at radius 3 is 1.88 bits per heavy atom. The second kappa shape index (κ2) is 5.10. The van der Waals surface area contributed by atoms with Crippen LogP contribution in [0.1, 0.15) is 0 Å². The maximum absolute atomic E-state index is 12.7. The summed E-state index contributed by atoms with van der Waals surface area (Å²) in [6.45, 7) is 0. The van der Waals surface area contributed by atoms with Gasteiger partial charge < -0.3 is 4.74 Å². The fourth-order valence-electron chi connectivity index (χ4n) is 1.39. The van der Waals surface area contributed by atoms with Crippen molar-refractivity contribution in [3.8, 4) is 5.75 Å². The minimum absolute atomic E-state index is 0.333. The summed E-state index contributed by atoms with van der Waals surface area (Å²) in [5, 5.41) is 0. The van der Waals surface area contributed by atoms with E-state index >= 15 is 0 Å². The number of benzene rings is 2. The van der Waals surface area contributed by atoms with Crippen LogP contribution in [0.4, 0.5) is 4.39 Å². The summed E-state index contributed by atoms with van der Waals surface area (Å²) in [5.74, 6) is 0.380. The molecule has 0 fully saturated rings. The lowest BCUT2D eigenvalue weighted by atomic mass is 10.3. The highest BCUT2D eigenvalue weighted by Gasteiger charge is 2.07. The molecule has 0 aromatic heterocycles. The van der Waals surface area contributed by atoms with Gasteiger partial charge in [0.25, 0.3) is 0 Å². The van der Waals surface area contributed by atoms with Crippen LogP contribution in [0.25, 0.3) is 0 Å². The highest BCUT2D eigenvalue weighted by atomic mass is 32.2. The molecule has 0 aliphatic rings. The predicted molar refractivity (Wildman–Crippen MR) is 64.1 cm³/mol. The van der Waals surface area contributed by atoms with E-state index in [1.54, 1.807) is 31.4 Å². The minimum Gasteiger partial charge on any atom is -0.497 e. The number of rotatable bonds is 3. The summed E-state index contributed by atoms with van der Waals surface area (Å²) in [6, 6.07) is 12.6. The standard InChI is InChI=1S/C13H11FO2S/c1-16-11-4-8-13(9-5-11)17(15)12-6-2-10(14)3-7-12/h2-9H,1H3. The van der Waals surface area contributed by atoms with Crippen LogP contribution in [0, 0.1) is 5.82 Å². The molecular formula is C13H11FO2S. The van der Waals surface area contributed by atoms with E-state index in [1.165, 1.54) is 24.3 Å². The zero-order chi connectivity index (χ0) is 12.3.